The Morgan fingerprint density at radius 2 is 1.83 bits per heavy atom. The number of aliphatic hydroxyl groups is 1. The number of likely N-dealkylation sites (tertiary alicyclic amines) is 1. The largest absolute Gasteiger partial charge is 0.507 e. The van der Waals surface area contributed by atoms with Crippen molar-refractivity contribution < 1.29 is 24.2 Å². The van der Waals surface area contributed by atoms with Crippen molar-refractivity contribution in [1.29, 1.82) is 0 Å². The Morgan fingerprint density at radius 3 is 2.49 bits per heavy atom. The smallest absolute Gasteiger partial charge is 0.295 e. The SMILES string of the molecule is COc1ccc(C(O)=C2C(=O)C(=O)N(CCCN3CCOCC3)C2c2ccc(Cl)c(Cl)c2)cc1C. The average Bonchev–Trinajstić information content (AvgIpc) is 3.11. The van der Waals surface area contributed by atoms with Crippen molar-refractivity contribution in [3.63, 3.8) is 0 Å². The van der Waals surface area contributed by atoms with Gasteiger partial charge in [-0.15, -0.1) is 0 Å². The molecule has 2 fully saturated rings. The predicted molar refractivity (Wildman–Crippen MR) is 135 cm³/mol. The summed E-state index contributed by atoms with van der Waals surface area (Å²) >= 11 is 12.4. The lowest BCUT2D eigenvalue weighted by Gasteiger charge is -2.29. The number of aliphatic hydroxyl groups excluding tert-OH is 1. The van der Waals surface area contributed by atoms with E-state index in [9.17, 15) is 14.7 Å². The number of hydrogen-bond donors (Lipinski definition) is 1. The van der Waals surface area contributed by atoms with Gasteiger partial charge in [0.1, 0.15) is 11.5 Å². The third-order valence-corrected chi connectivity index (χ3v) is 7.18. The minimum atomic E-state index is -0.781. The first-order valence-electron chi connectivity index (χ1n) is 11.5. The van der Waals surface area contributed by atoms with Crippen molar-refractivity contribution in [3.8, 4) is 5.75 Å². The average molecular weight is 519 g/mol. The minimum absolute atomic E-state index is 0.0318. The molecular weight excluding hydrogens is 491 g/mol. The van der Waals surface area contributed by atoms with Gasteiger partial charge in [-0.05, 0) is 54.8 Å². The van der Waals surface area contributed by atoms with Crippen LogP contribution in [0.2, 0.25) is 10.0 Å². The zero-order valence-electron chi connectivity index (χ0n) is 19.7. The number of nitrogens with zero attached hydrogens (tertiary/aromatic N) is 2. The van der Waals surface area contributed by atoms with Crippen molar-refractivity contribution in [2.45, 2.75) is 19.4 Å². The molecule has 2 aromatic carbocycles. The van der Waals surface area contributed by atoms with Crippen LogP contribution in [0, 0.1) is 6.92 Å². The van der Waals surface area contributed by atoms with Crippen molar-refractivity contribution in [3.05, 3.63) is 68.7 Å². The van der Waals surface area contributed by atoms with Crippen LogP contribution in [0.1, 0.15) is 29.2 Å². The van der Waals surface area contributed by atoms with Gasteiger partial charge < -0.3 is 19.5 Å². The number of benzene rings is 2. The van der Waals surface area contributed by atoms with E-state index in [0.29, 0.717) is 53.1 Å². The zero-order valence-corrected chi connectivity index (χ0v) is 21.2. The molecule has 1 N–H and O–H groups in total. The molecule has 1 unspecified atom stereocenters. The summed E-state index contributed by atoms with van der Waals surface area (Å²) in [5.41, 5.74) is 1.86. The molecular formula is C26H28Cl2N2O5. The molecule has 35 heavy (non-hydrogen) atoms. The van der Waals surface area contributed by atoms with Gasteiger partial charge in [0, 0.05) is 31.7 Å². The van der Waals surface area contributed by atoms with Gasteiger partial charge in [0.05, 0.1) is 42.0 Å². The highest BCUT2D eigenvalue weighted by Gasteiger charge is 2.46. The molecule has 7 nitrogen and oxygen atoms in total. The number of rotatable bonds is 7. The summed E-state index contributed by atoms with van der Waals surface area (Å²) in [7, 11) is 1.56. The fourth-order valence-electron chi connectivity index (χ4n) is 4.61. The summed E-state index contributed by atoms with van der Waals surface area (Å²) in [6, 6.07) is 9.33. The van der Waals surface area contributed by atoms with Gasteiger partial charge in [-0.3, -0.25) is 14.5 Å². The lowest BCUT2D eigenvalue weighted by atomic mass is 9.94. The van der Waals surface area contributed by atoms with Gasteiger partial charge >= 0.3 is 0 Å². The Kier molecular flexibility index (Phi) is 8.02. The summed E-state index contributed by atoms with van der Waals surface area (Å²) in [6.07, 6.45) is 0.673. The van der Waals surface area contributed by atoms with Gasteiger partial charge in [0.25, 0.3) is 11.7 Å². The van der Waals surface area contributed by atoms with E-state index in [1.165, 1.54) is 4.90 Å². The lowest BCUT2D eigenvalue weighted by Crippen LogP contribution is -2.38. The molecule has 1 atom stereocenters. The minimum Gasteiger partial charge on any atom is -0.507 e. The molecule has 2 aromatic rings. The van der Waals surface area contributed by atoms with Crippen molar-refractivity contribution in [2.24, 2.45) is 0 Å². The van der Waals surface area contributed by atoms with Crippen LogP contribution in [-0.2, 0) is 14.3 Å². The van der Waals surface area contributed by atoms with Gasteiger partial charge in [0.15, 0.2) is 0 Å². The molecule has 2 aliphatic rings. The summed E-state index contributed by atoms with van der Waals surface area (Å²) in [4.78, 5) is 30.2. The van der Waals surface area contributed by atoms with Crippen LogP contribution in [0.5, 0.6) is 5.75 Å². The van der Waals surface area contributed by atoms with Crippen molar-refractivity contribution >= 4 is 40.7 Å². The molecule has 0 spiro atoms. The Balaban J connectivity index is 1.71. The van der Waals surface area contributed by atoms with Gasteiger partial charge in [-0.25, -0.2) is 0 Å². The third kappa shape index (κ3) is 5.33. The predicted octanol–water partition coefficient (Wildman–Crippen LogP) is 4.45. The molecule has 0 bridgehead atoms. The second-order valence-electron chi connectivity index (χ2n) is 8.66. The van der Waals surface area contributed by atoms with E-state index in [0.717, 1.165) is 25.2 Å². The van der Waals surface area contributed by atoms with Crippen molar-refractivity contribution in [1.82, 2.24) is 9.80 Å². The molecule has 9 heteroatoms. The maximum absolute atomic E-state index is 13.2. The number of morpholine rings is 1. The van der Waals surface area contributed by atoms with Crippen LogP contribution in [0.3, 0.4) is 0 Å². The summed E-state index contributed by atoms with van der Waals surface area (Å²) < 4.78 is 10.7. The van der Waals surface area contributed by atoms with Crippen LogP contribution in [0.25, 0.3) is 5.76 Å². The number of hydrogen-bond acceptors (Lipinski definition) is 6. The molecule has 186 valence electrons. The first-order chi connectivity index (χ1) is 16.8. The number of aryl methyl sites for hydroxylation is 1. The van der Waals surface area contributed by atoms with Gasteiger partial charge in [-0.1, -0.05) is 29.3 Å². The standard InChI is InChI=1S/C26H28Cl2N2O5/c1-16-14-18(5-7-21(16)34-2)24(31)22-23(17-4-6-19(27)20(28)15-17)30(26(33)25(22)32)9-3-8-29-10-12-35-13-11-29/h4-7,14-15,23,31H,3,8-13H2,1-2H3. The monoisotopic (exact) mass is 518 g/mol. The number of ketones is 1. The zero-order chi connectivity index (χ0) is 25.1. The quantitative estimate of drug-likeness (QED) is 0.331. The van der Waals surface area contributed by atoms with E-state index < -0.39 is 17.7 Å². The van der Waals surface area contributed by atoms with E-state index in [1.54, 1.807) is 43.5 Å². The highest BCUT2D eigenvalue weighted by atomic mass is 35.5. The van der Waals surface area contributed by atoms with E-state index in [-0.39, 0.29) is 11.3 Å². The molecule has 2 aliphatic heterocycles. The Bertz CT molecular complexity index is 1160. The van der Waals surface area contributed by atoms with E-state index in [4.69, 9.17) is 32.7 Å². The Hall–Kier alpha value is -2.58. The topological polar surface area (TPSA) is 79.3 Å². The second-order valence-corrected chi connectivity index (χ2v) is 9.47. The van der Waals surface area contributed by atoms with Crippen LogP contribution in [0.15, 0.2) is 42.0 Å². The first kappa shape index (κ1) is 25.5. The Morgan fingerprint density at radius 1 is 1.09 bits per heavy atom. The highest BCUT2D eigenvalue weighted by Crippen LogP contribution is 2.41. The maximum Gasteiger partial charge on any atom is 0.295 e. The van der Waals surface area contributed by atoms with E-state index >= 15 is 0 Å². The molecule has 1 amide bonds. The fraction of sp³-hybridized carbons (Fsp3) is 0.385. The number of ether oxygens (including phenoxy) is 2. The van der Waals surface area contributed by atoms with Crippen molar-refractivity contribution in [2.75, 3.05) is 46.5 Å². The molecule has 2 heterocycles. The van der Waals surface area contributed by atoms with E-state index in [2.05, 4.69) is 4.90 Å². The van der Waals surface area contributed by atoms with Gasteiger partial charge in [0.2, 0.25) is 0 Å². The summed E-state index contributed by atoms with van der Waals surface area (Å²) in [5.74, 6) is -0.944. The normalized spacial score (nSPS) is 20.5. The number of amides is 1. The number of halogens is 2. The molecule has 0 saturated carbocycles. The Labute approximate surface area is 214 Å². The third-order valence-electron chi connectivity index (χ3n) is 6.44. The number of Topliss-reactive ketones (excluding diaryl/α,β-unsaturated/α-hetero) is 1. The van der Waals surface area contributed by atoms with Crippen LogP contribution < -0.4 is 4.74 Å². The molecule has 4 rings (SSSR count). The number of carbonyl (C=O) groups is 2. The lowest BCUT2D eigenvalue weighted by molar-refractivity contribution is -0.140. The fourth-order valence-corrected chi connectivity index (χ4v) is 4.92. The molecule has 2 saturated heterocycles. The van der Waals surface area contributed by atoms with Crippen LogP contribution >= 0.6 is 23.2 Å². The maximum atomic E-state index is 13.2. The molecule has 0 aliphatic carbocycles. The van der Waals surface area contributed by atoms with Crippen LogP contribution in [0.4, 0.5) is 0 Å². The van der Waals surface area contributed by atoms with Crippen LogP contribution in [-0.4, -0.2) is 73.1 Å². The second kappa shape index (κ2) is 11.0. The molecule has 0 radical (unpaired) electrons. The first-order valence-corrected chi connectivity index (χ1v) is 12.3. The van der Waals surface area contributed by atoms with Gasteiger partial charge in [-0.2, -0.15) is 0 Å². The number of carbonyl (C=O) groups excluding carboxylic acids is 2. The van der Waals surface area contributed by atoms with E-state index in [1.807, 2.05) is 6.92 Å². The summed E-state index contributed by atoms with van der Waals surface area (Å²) in [6.45, 7) is 6.03. The number of methoxy groups -OCH3 is 1. The highest BCUT2D eigenvalue weighted by molar-refractivity contribution is 6.46. The summed E-state index contributed by atoms with van der Waals surface area (Å²) in [5, 5.41) is 11.9. The molecule has 0 aromatic heterocycles.